The molecule has 2 heterocycles. The minimum atomic E-state index is -1.59. The molecule has 0 amide bonds. The Morgan fingerprint density at radius 3 is 0.846 bits per heavy atom. The molecule has 0 aromatic carbocycles. The molecule has 26 heavy (non-hydrogen) atoms. The third-order valence-corrected chi connectivity index (χ3v) is 47.5. The van der Waals surface area contributed by atoms with Crippen molar-refractivity contribution < 1.29 is 0 Å². The fourth-order valence-electron chi connectivity index (χ4n) is 8.75. The zero-order valence-electron chi connectivity index (χ0n) is 21.0. The molecule has 0 aliphatic carbocycles. The summed E-state index contributed by atoms with van der Waals surface area (Å²) in [6, 6.07) is 0. The fraction of sp³-hybridized carbons (Fsp3) is 0.909. The maximum Gasteiger partial charge on any atom is 0.0860 e. The molecule has 2 aliphatic rings. The summed E-state index contributed by atoms with van der Waals surface area (Å²) in [5, 5.41) is 1.97. The summed E-state index contributed by atoms with van der Waals surface area (Å²) in [7, 11) is -5.88. The molecule has 2 rings (SSSR count). The number of rotatable bonds is 2. The van der Waals surface area contributed by atoms with Gasteiger partial charge in [0.1, 0.15) is 0 Å². The predicted molar refractivity (Wildman–Crippen MR) is 133 cm³/mol. The molecule has 0 aromatic heterocycles. The summed E-state index contributed by atoms with van der Waals surface area (Å²) in [4.78, 5) is 4.34. The van der Waals surface area contributed by atoms with Crippen LogP contribution in [0.1, 0.15) is 69.2 Å². The van der Waals surface area contributed by atoms with Crippen molar-refractivity contribution >= 4 is 31.3 Å². The fourth-order valence-corrected chi connectivity index (χ4v) is 71.6. The summed E-state index contributed by atoms with van der Waals surface area (Å²) < 4.78 is 0. The van der Waals surface area contributed by atoms with Crippen LogP contribution in [0.5, 0.6) is 0 Å². The lowest BCUT2D eigenvalue weighted by atomic mass is 9.97. The largest absolute Gasteiger partial charge is 0.0992 e. The van der Waals surface area contributed by atoms with Gasteiger partial charge in [-0.2, -0.15) is 0 Å². The Kier molecular flexibility index (Phi) is 4.58. The third kappa shape index (κ3) is 2.01. The van der Waals surface area contributed by atoms with Gasteiger partial charge in [-0.3, -0.25) is 0 Å². The van der Waals surface area contributed by atoms with Crippen LogP contribution in [0, 0.1) is 0 Å². The van der Waals surface area contributed by atoms with Crippen LogP contribution in [-0.4, -0.2) is 31.3 Å². The lowest BCUT2D eigenvalue weighted by molar-refractivity contribution is 0.389. The van der Waals surface area contributed by atoms with Crippen LogP contribution in [0.3, 0.4) is 0 Å². The van der Waals surface area contributed by atoms with Crippen LogP contribution in [0.25, 0.3) is 0 Å². The maximum atomic E-state index is 2.70. The van der Waals surface area contributed by atoms with Crippen LogP contribution in [-0.2, 0) is 0 Å². The van der Waals surface area contributed by atoms with Crippen molar-refractivity contribution in [1.82, 2.24) is 0 Å². The highest BCUT2D eigenvalue weighted by Crippen LogP contribution is 2.92. The van der Waals surface area contributed by atoms with Crippen LogP contribution in [0.4, 0.5) is 0 Å². The van der Waals surface area contributed by atoms with Gasteiger partial charge in [0.05, 0.1) is 31.3 Å². The molecule has 0 nitrogen and oxygen atoms in total. The van der Waals surface area contributed by atoms with E-state index in [9.17, 15) is 0 Å². The summed E-state index contributed by atoms with van der Waals surface area (Å²) in [6.45, 7) is 42.7. The van der Waals surface area contributed by atoms with Crippen molar-refractivity contribution in [1.29, 1.82) is 0 Å². The summed E-state index contributed by atoms with van der Waals surface area (Å²) in [5.74, 6) is 0. The Balaban J connectivity index is 3.18. The smallest absolute Gasteiger partial charge is 0.0860 e. The second kappa shape index (κ2) is 5.20. The van der Waals surface area contributed by atoms with E-state index in [2.05, 4.69) is 118 Å². The van der Waals surface area contributed by atoms with E-state index in [1.165, 1.54) is 0 Å². The molecule has 0 saturated carbocycles. The van der Waals surface area contributed by atoms with E-state index < -0.39 is 31.3 Å². The Morgan fingerprint density at radius 1 is 0.538 bits per heavy atom. The van der Waals surface area contributed by atoms with Gasteiger partial charge < -0.3 is 0 Å². The highest BCUT2D eigenvalue weighted by atomic mass is 29.3. The monoisotopic (exact) mass is 424 g/mol. The normalized spacial score (nSPS) is 34.2. The molecular weight excluding hydrogens is 377 g/mol. The second-order valence-corrected chi connectivity index (χ2v) is 39.5. The molecule has 152 valence electrons. The highest BCUT2D eigenvalue weighted by Gasteiger charge is 2.94. The summed E-state index contributed by atoms with van der Waals surface area (Å²) in [6.07, 6.45) is 0. The molecular formula is C22H48Si4. The van der Waals surface area contributed by atoms with Gasteiger partial charge >= 0.3 is 0 Å². The summed E-state index contributed by atoms with van der Waals surface area (Å²) >= 11 is 0. The van der Waals surface area contributed by atoms with E-state index in [4.69, 9.17) is 0 Å². The zero-order valence-corrected chi connectivity index (χ0v) is 25.0. The molecule has 4 heteroatoms. The standard InChI is InChI=1S/C22H48Si4/c1-19(2,3)25-17(23(11,12)13)18(24(14,15)16)26(25,20(4,5)6)22(9,10)21(25,7)8/h1-16H3. The van der Waals surface area contributed by atoms with E-state index in [0.29, 0.717) is 20.2 Å². The first-order chi connectivity index (χ1) is 11.0. The average molecular weight is 425 g/mol. The SMILES string of the molecule is CC(C)(C)[Si]12C([Si](C)(C)C)=C([Si](C)(C)C)[Si]1(C(C)(C)C)C(C)(C)C2(C)C. The molecule has 2 aliphatic heterocycles. The molecule has 0 spiro atoms. The van der Waals surface area contributed by atoms with Crippen LogP contribution >= 0.6 is 0 Å². The number of hydrogen-bond acceptors (Lipinski definition) is 0. The first-order valence-corrected chi connectivity index (χ1v) is 22.8. The van der Waals surface area contributed by atoms with Crippen molar-refractivity contribution in [3.63, 3.8) is 0 Å². The van der Waals surface area contributed by atoms with Gasteiger partial charge in [0.15, 0.2) is 0 Å². The van der Waals surface area contributed by atoms with Crippen LogP contribution in [0.15, 0.2) is 9.64 Å². The van der Waals surface area contributed by atoms with E-state index in [1.54, 1.807) is 0 Å². The van der Waals surface area contributed by atoms with Crippen molar-refractivity contribution in [2.75, 3.05) is 0 Å². The van der Waals surface area contributed by atoms with Crippen molar-refractivity contribution in [2.24, 2.45) is 0 Å². The lowest BCUT2D eigenvalue weighted by Crippen LogP contribution is -3.00. The highest BCUT2D eigenvalue weighted by molar-refractivity contribution is 7.65. The second-order valence-electron chi connectivity index (χ2n) is 14.5. The number of hydrogen-bond donors (Lipinski definition) is 0. The maximum absolute atomic E-state index is 2.70. The Morgan fingerprint density at radius 2 is 0.731 bits per heavy atom. The van der Waals surface area contributed by atoms with E-state index in [0.717, 1.165) is 0 Å². The molecule has 2 atom stereocenters. The van der Waals surface area contributed by atoms with Gasteiger partial charge in [-0.05, 0) is 20.2 Å². The van der Waals surface area contributed by atoms with Gasteiger partial charge in [-0.15, -0.1) is 0 Å². The molecule has 0 N–H and O–H groups in total. The van der Waals surface area contributed by atoms with Crippen molar-refractivity contribution in [3.8, 4) is 0 Å². The third-order valence-electron chi connectivity index (χ3n) is 8.75. The Labute approximate surface area is 169 Å². The van der Waals surface area contributed by atoms with Gasteiger partial charge in [0, 0.05) is 0 Å². The number of fused-ring (bicyclic) bond motifs is 1. The average Bonchev–Trinajstić information content (AvgIpc) is 2.17. The first-order valence-electron chi connectivity index (χ1n) is 10.8. The van der Waals surface area contributed by atoms with E-state index in [1.807, 2.05) is 0 Å². The molecule has 0 aromatic rings. The first kappa shape index (κ1) is 22.9. The Hall–Kier alpha value is 0.608. The summed E-state index contributed by atoms with van der Waals surface area (Å²) in [5.41, 5.74) is 0. The molecule has 2 unspecified atom stereocenters. The molecule has 0 bridgehead atoms. The lowest BCUT2D eigenvalue weighted by Gasteiger charge is -2.92. The van der Waals surface area contributed by atoms with Gasteiger partial charge in [0.25, 0.3) is 0 Å². The van der Waals surface area contributed by atoms with Crippen LogP contribution < -0.4 is 0 Å². The Bertz CT molecular complexity index is 598. The minimum Gasteiger partial charge on any atom is -0.0992 e. The van der Waals surface area contributed by atoms with E-state index >= 15 is 0 Å². The van der Waals surface area contributed by atoms with Crippen molar-refractivity contribution in [2.45, 2.75) is 129 Å². The molecule has 0 radical (unpaired) electrons. The molecule has 1 saturated heterocycles. The van der Waals surface area contributed by atoms with Gasteiger partial charge in [-0.1, -0.05) is 118 Å². The van der Waals surface area contributed by atoms with Crippen molar-refractivity contribution in [3.05, 3.63) is 9.64 Å². The zero-order chi connectivity index (χ0) is 21.2. The van der Waals surface area contributed by atoms with Gasteiger partial charge in [-0.25, -0.2) is 0 Å². The van der Waals surface area contributed by atoms with Gasteiger partial charge in [0.2, 0.25) is 0 Å². The minimum absolute atomic E-state index is 0.476. The predicted octanol–water partition coefficient (Wildman–Crippen LogP) is 8.28. The quantitative estimate of drug-likeness (QED) is 0.391. The van der Waals surface area contributed by atoms with E-state index in [-0.39, 0.29) is 0 Å². The molecule has 1 fully saturated rings. The topological polar surface area (TPSA) is 0 Å². The van der Waals surface area contributed by atoms with Crippen LogP contribution in [0.2, 0.25) is 59.4 Å².